The van der Waals surface area contributed by atoms with Crippen molar-refractivity contribution in [1.82, 2.24) is 24.8 Å². The van der Waals surface area contributed by atoms with Gasteiger partial charge in [0.2, 0.25) is 5.91 Å². The molecule has 1 heterocycles. The molecule has 1 rings (SSSR count). The Morgan fingerprint density at radius 1 is 1.28 bits per heavy atom. The molecule has 0 fully saturated rings. The third-order valence-electron chi connectivity index (χ3n) is 2.60. The SMILES string of the molecule is CCN(CC)C(=O)c1cn(CC(=O)N(C)C)nn1. The van der Waals surface area contributed by atoms with E-state index in [1.165, 1.54) is 15.8 Å². The number of likely N-dealkylation sites (N-methyl/N-ethyl adjacent to an activating group) is 1. The normalized spacial score (nSPS) is 10.2. The van der Waals surface area contributed by atoms with E-state index in [0.717, 1.165) is 0 Å². The van der Waals surface area contributed by atoms with Crippen molar-refractivity contribution in [3.63, 3.8) is 0 Å². The Labute approximate surface area is 106 Å². The summed E-state index contributed by atoms with van der Waals surface area (Å²) in [5.41, 5.74) is 0.269. The summed E-state index contributed by atoms with van der Waals surface area (Å²) in [6.45, 7) is 5.14. The smallest absolute Gasteiger partial charge is 0.276 e. The average molecular weight is 253 g/mol. The first-order valence-corrected chi connectivity index (χ1v) is 5.89. The van der Waals surface area contributed by atoms with Crippen LogP contribution in [0.2, 0.25) is 0 Å². The van der Waals surface area contributed by atoms with Gasteiger partial charge in [-0.2, -0.15) is 0 Å². The van der Waals surface area contributed by atoms with Gasteiger partial charge in [-0.3, -0.25) is 9.59 Å². The first-order chi connectivity index (χ1) is 8.49. The van der Waals surface area contributed by atoms with Crippen LogP contribution in [0.5, 0.6) is 0 Å². The van der Waals surface area contributed by atoms with E-state index in [4.69, 9.17) is 0 Å². The minimum atomic E-state index is -0.163. The van der Waals surface area contributed by atoms with E-state index in [2.05, 4.69) is 10.3 Å². The molecule has 7 nitrogen and oxygen atoms in total. The van der Waals surface area contributed by atoms with Gasteiger partial charge in [-0.05, 0) is 13.8 Å². The van der Waals surface area contributed by atoms with Crippen LogP contribution in [0.3, 0.4) is 0 Å². The van der Waals surface area contributed by atoms with E-state index in [9.17, 15) is 9.59 Å². The minimum Gasteiger partial charge on any atom is -0.347 e. The van der Waals surface area contributed by atoms with Crippen LogP contribution >= 0.6 is 0 Å². The standard InChI is InChI=1S/C11H19N5O2/c1-5-15(6-2)11(18)9-7-16(13-12-9)8-10(17)14(3)4/h7H,5-6,8H2,1-4H3. The summed E-state index contributed by atoms with van der Waals surface area (Å²) in [4.78, 5) is 26.6. The molecule has 0 aliphatic carbocycles. The lowest BCUT2D eigenvalue weighted by Gasteiger charge is -2.16. The van der Waals surface area contributed by atoms with Gasteiger partial charge in [-0.25, -0.2) is 4.68 Å². The minimum absolute atomic E-state index is 0.0888. The highest BCUT2D eigenvalue weighted by atomic mass is 16.2. The maximum Gasteiger partial charge on any atom is 0.276 e. The van der Waals surface area contributed by atoms with Crippen LogP contribution in [-0.4, -0.2) is 63.8 Å². The fourth-order valence-electron chi connectivity index (χ4n) is 1.43. The molecule has 0 aromatic carbocycles. The van der Waals surface area contributed by atoms with Crippen molar-refractivity contribution in [2.75, 3.05) is 27.2 Å². The van der Waals surface area contributed by atoms with Crippen LogP contribution in [0.1, 0.15) is 24.3 Å². The molecule has 1 aromatic rings. The highest BCUT2D eigenvalue weighted by Gasteiger charge is 2.17. The number of aromatic nitrogens is 3. The molecular weight excluding hydrogens is 234 g/mol. The number of hydrogen-bond acceptors (Lipinski definition) is 4. The zero-order valence-corrected chi connectivity index (χ0v) is 11.3. The Morgan fingerprint density at radius 2 is 1.89 bits per heavy atom. The van der Waals surface area contributed by atoms with Gasteiger partial charge in [0.05, 0.1) is 6.20 Å². The highest BCUT2D eigenvalue weighted by Crippen LogP contribution is 2.01. The molecule has 1 aromatic heterocycles. The molecule has 0 spiro atoms. The van der Waals surface area contributed by atoms with E-state index >= 15 is 0 Å². The Balaban J connectivity index is 2.74. The highest BCUT2D eigenvalue weighted by molar-refractivity contribution is 5.91. The molecule has 0 bridgehead atoms. The summed E-state index contributed by atoms with van der Waals surface area (Å²) < 4.78 is 1.37. The molecule has 0 atom stereocenters. The Kier molecular flexibility index (Phi) is 4.82. The second-order valence-electron chi connectivity index (χ2n) is 4.07. The van der Waals surface area contributed by atoms with Gasteiger partial charge >= 0.3 is 0 Å². The van der Waals surface area contributed by atoms with Crippen molar-refractivity contribution < 1.29 is 9.59 Å². The average Bonchev–Trinajstić information content (AvgIpc) is 2.78. The van der Waals surface area contributed by atoms with Gasteiger partial charge in [-0.15, -0.1) is 5.10 Å². The van der Waals surface area contributed by atoms with E-state index in [1.54, 1.807) is 19.0 Å². The molecule has 0 unspecified atom stereocenters. The second kappa shape index (κ2) is 6.13. The topological polar surface area (TPSA) is 71.3 Å². The van der Waals surface area contributed by atoms with Crippen LogP contribution < -0.4 is 0 Å². The van der Waals surface area contributed by atoms with Gasteiger partial charge in [0.15, 0.2) is 5.69 Å². The van der Waals surface area contributed by atoms with E-state index < -0.39 is 0 Å². The Morgan fingerprint density at radius 3 is 2.39 bits per heavy atom. The number of carbonyl (C=O) groups excluding carboxylic acids is 2. The molecule has 0 saturated heterocycles. The maximum absolute atomic E-state index is 12.0. The predicted octanol–water partition coefficient (Wildman–Crippen LogP) is -0.152. The number of amides is 2. The van der Waals surface area contributed by atoms with Gasteiger partial charge in [-0.1, -0.05) is 5.21 Å². The zero-order chi connectivity index (χ0) is 13.7. The van der Waals surface area contributed by atoms with Gasteiger partial charge in [0, 0.05) is 27.2 Å². The number of hydrogen-bond donors (Lipinski definition) is 0. The monoisotopic (exact) mass is 253 g/mol. The van der Waals surface area contributed by atoms with Crippen molar-refractivity contribution in [2.45, 2.75) is 20.4 Å². The van der Waals surface area contributed by atoms with Crippen LogP contribution in [-0.2, 0) is 11.3 Å². The molecule has 7 heteroatoms. The number of rotatable bonds is 5. The van der Waals surface area contributed by atoms with Crippen LogP contribution in [0.25, 0.3) is 0 Å². The zero-order valence-electron chi connectivity index (χ0n) is 11.3. The summed E-state index contributed by atoms with van der Waals surface area (Å²) in [5, 5.41) is 7.58. The Hall–Kier alpha value is -1.92. The third-order valence-corrected chi connectivity index (χ3v) is 2.60. The molecule has 0 aliphatic rings. The second-order valence-corrected chi connectivity index (χ2v) is 4.07. The molecule has 0 radical (unpaired) electrons. The first-order valence-electron chi connectivity index (χ1n) is 5.89. The van der Waals surface area contributed by atoms with Gasteiger partial charge in [0.1, 0.15) is 6.54 Å². The molecule has 2 amide bonds. The summed E-state index contributed by atoms with van der Waals surface area (Å²) in [5.74, 6) is -0.259. The molecule has 0 N–H and O–H groups in total. The molecule has 100 valence electrons. The fraction of sp³-hybridized carbons (Fsp3) is 0.636. The van der Waals surface area contributed by atoms with E-state index in [-0.39, 0.29) is 24.1 Å². The summed E-state index contributed by atoms with van der Waals surface area (Å²) >= 11 is 0. The molecular formula is C11H19N5O2. The fourth-order valence-corrected chi connectivity index (χ4v) is 1.43. The molecule has 0 saturated carbocycles. The van der Waals surface area contributed by atoms with E-state index in [1.807, 2.05) is 13.8 Å². The predicted molar refractivity (Wildman–Crippen MR) is 66.0 cm³/mol. The van der Waals surface area contributed by atoms with Gasteiger partial charge in [0.25, 0.3) is 5.91 Å². The lowest BCUT2D eigenvalue weighted by atomic mass is 10.4. The van der Waals surface area contributed by atoms with Crippen LogP contribution in [0.4, 0.5) is 0 Å². The lowest BCUT2D eigenvalue weighted by Crippen LogP contribution is -2.30. The largest absolute Gasteiger partial charge is 0.347 e. The van der Waals surface area contributed by atoms with Crippen molar-refractivity contribution in [2.24, 2.45) is 0 Å². The van der Waals surface area contributed by atoms with Crippen LogP contribution in [0, 0.1) is 0 Å². The summed E-state index contributed by atoms with van der Waals surface area (Å²) in [6, 6.07) is 0. The number of nitrogens with zero attached hydrogens (tertiary/aromatic N) is 5. The first kappa shape index (κ1) is 14.1. The quantitative estimate of drug-likeness (QED) is 0.731. The van der Waals surface area contributed by atoms with Crippen molar-refractivity contribution >= 4 is 11.8 Å². The molecule has 18 heavy (non-hydrogen) atoms. The third kappa shape index (κ3) is 3.28. The van der Waals surface area contributed by atoms with Crippen LogP contribution in [0.15, 0.2) is 6.20 Å². The van der Waals surface area contributed by atoms with Crippen molar-refractivity contribution in [3.05, 3.63) is 11.9 Å². The number of carbonyl (C=O) groups is 2. The van der Waals surface area contributed by atoms with Crippen molar-refractivity contribution in [1.29, 1.82) is 0 Å². The maximum atomic E-state index is 12.0. The summed E-state index contributed by atoms with van der Waals surface area (Å²) in [6.07, 6.45) is 1.50. The lowest BCUT2D eigenvalue weighted by molar-refractivity contribution is -0.129. The molecule has 0 aliphatic heterocycles. The summed E-state index contributed by atoms with van der Waals surface area (Å²) in [7, 11) is 3.34. The van der Waals surface area contributed by atoms with Gasteiger partial charge < -0.3 is 9.80 Å². The van der Waals surface area contributed by atoms with E-state index in [0.29, 0.717) is 13.1 Å². The Bertz CT molecular complexity index is 423. The van der Waals surface area contributed by atoms with Crippen molar-refractivity contribution in [3.8, 4) is 0 Å².